The first kappa shape index (κ1) is 18.2. The van der Waals surface area contributed by atoms with Crippen molar-refractivity contribution in [1.29, 1.82) is 0 Å². The van der Waals surface area contributed by atoms with Crippen molar-refractivity contribution in [2.75, 3.05) is 18.0 Å². The number of nitrogens with zero attached hydrogens (tertiary/aromatic N) is 2. The number of hydrogen-bond acceptors (Lipinski definition) is 7. The Balaban J connectivity index is 1.80. The summed E-state index contributed by atoms with van der Waals surface area (Å²) in [4.78, 5) is 36.9. The van der Waals surface area contributed by atoms with Gasteiger partial charge in [-0.2, -0.15) is 0 Å². The first-order valence-electron chi connectivity index (χ1n) is 8.90. The third-order valence-electron chi connectivity index (χ3n) is 4.73. The molecule has 2 aliphatic heterocycles. The molecule has 2 atom stereocenters. The van der Waals surface area contributed by atoms with E-state index in [1.54, 1.807) is 13.0 Å². The molecule has 2 aliphatic rings. The molecular weight excluding hydrogens is 340 g/mol. The zero-order valence-electron chi connectivity index (χ0n) is 14.7. The van der Waals surface area contributed by atoms with Gasteiger partial charge in [0.15, 0.2) is 0 Å². The Morgan fingerprint density at radius 3 is 2.54 bits per heavy atom. The highest BCUT2D eigenvalue weighted by Crippen LogP contribution is 2.31. The SMILES string of the molecule is CC1CC(OC(=O)c2ccc(N3CCCCCC3)c([N+](=O)[O-])c2)C(=O)O1. The number of nitro groups is 1. The summed E-state index contributed by atoms with van der Waals surface area (Å²) >= 11 is 0. The number of esters is 2. The topological polar surface area (TPSA) is 99.0 Å². The Kier molecular flexibility index (Phi) is 5.39. The molecule has 0 saturated carbocycles. The van der Waals surface area contributed by atoms with Gasteiger partial charge in [0, 0.05) is 25.6 Å². The maximum Gasteiger partial charge on any atom is 0.347 e. The van der Waals surface area contributed by atoms with Gasteiger partial charge in [-0.25, -0.2) is 9.59 Å². The van der Waals surface area contributed by atoms with Crippen LogP contribution in [0, 0.1) is 10.1 Å². The van der Waals surface area contributed by atoms with Crippen molar-refractivity contribution in [1.82, 2.24) is 0 Å². The molecule has 0 bridgehead atoms. The Morgan fingerprint density at radius 1 is 1.27 bits per heavy atom. The molecule has 1 aromatic carbocycles. The minimum absolute atomic E-state index is 0.0580. The van der Waals surface area contributed by atoms with E-state index in [9.17, 15) is 19.7 Å². The van der Waals surface area contributed by atoms with Crippen molar-refractivity contribution in [3.05, 3.63) is 33.9 Å². The fraction of sp³-hybridized carbons (Fsp3) is 0.556. The minimum Gasteiger partial charge on any atom is -0.460 e. The van der Waals surface area contributed by atoms with Gasteiger partial charge in [-0.1, -0.05) is 12.8 Å². The number of rotatable bonds is 4. The normalized spacial score (nSPS) is 23.3. The number of carbonyl (C=O) groups is 2. The second-order valence-electron chi connectivity index (χ2n) is 6.74. The zero-order chi connectivity index (χ0) is 18.7. The summed E-state index contributed by atoms with van der Waals surface area (Å²) in [6, 6.07) is 4.33. The number of benzene rings is 1. The third-order valence-corrected chi connectivity index (χ3v) is 4.73. The van der Waals surface area contributed by atoms with E-state index in [1.807, 2.05) is 4.90 Å². The molecule has 2 heterocycles. The lowest BCUT2D eigenvalue weighted by molar-refractivity contribution is -0.384. The molecular formula is C18H22N2O6. The highest BCUT2D eigenvalue weighted by Gasteiger charge is 2.35. The van der Waals surface area contributed by atoms with Crippen LogP contribution in [0.15, 0.2) is 18.2 Å². The van der Waals surface area contributed by atoms with E-state index in [2.05, 4.69) is 0 Å². The first-order valence-corrected chi connectivity index (χ1v) is 8.90. The van der Waals surface area contributed by atoms with Crippen molar-refractivity contribution in [2.45, 2.75) is 51.2 Å². The van der Waals surface area contributed by atoms with Gasteiger partial charge in [0.1, 0.15) is 11.8 Å². The van der Waals surface area contributed by atoms with Gasteiger partial charge in [0.25, 0.3) is 5.69 Å². The van der Waals surface area contributed by atoms with Crippen molar-refractivity contribution in [3.63, 3.8) is 0 Å². The fourth-order valence-electron chi connectivity index (χ4n) is 3.39. The van der Waals surface area contributed by atoms with Crippen LogP contribution >= 0.6 is 0 Å². The van der Waals surface area contributed by atoms with Crippen LogP contribution in [0.3, 0.4) is 0 Å². The van der Waals surface area contributed by atoms with Crippen LogP contribution in [0.1, 0.15) is 49.4 Å². The van der Waals surface area contributed by atoms with E-state index in [-0.39, 0.29) is 17.4 Å². The van der Waals surface area contributed by atoms with Crippen LogP contribution < -0.4 is 4.90 Å². The van der Waals surface area contributed by atoms with Gasteiger partial charge in [-0.3, -0.25) is 10.1 Å². The van der Waals surface area contributed by atoms with Crippen molar-refractivity contribution in [2.24, 2.45) is 0 Å². The lowest BCUT2D eigenvalue weighted by Crippen LogP contribution is -2.25. The molecule has 1 aromatic rings. The number of carbonyl (C=O) groups excluding carboxylic acids is 2. The molecule has 8 heteroatoms. The molecule has 0 aromatic heterocycles. The summed E-state index contributed by atoms with van der Waals surface area (Å²) in [7, 11) is 0. The predicted octanol–water partition coefficient (Wildman–Crippen LogP) is 2.84. The van der Waals surface area contributed by atoms with Gasteiger partial charge in [-0.15, -0.1) is 0 Å². The Hall–Kier alpha value is -2.64. The molecule has 3 rings (SSSR count). The molecule has 0 N–H and O–H groups in total. The Bertz CT molecular complexity index is 712. The summed E-state index contributed by atoms with van der Waals surface area (Å²) in [5, 5.41) is 11.5. The summed E-state index contributed by atoms with van der Waals surface area (Å²) in [6.07, 6.45) is 3.24. The van der Waals surface area contributed by atoms with Gasteiger partial charge >= 0.3 is 11.9 Å². The molecule has 0 spiro atoms. The van der Waals surface area contributed by atoms with Crippen LogP contribution in [0.5, 0.6) is 0 Å². The zero-order valence-corrected chi connectivity index (χ0v) is 14.7. The van der Waals surface area contributed by atoms with Gasteiger partial charge < -0.3 is 14.4 Å². The maximum atomic E-state index is 12.3. The quantitative estimate of drug-likeness (QED) is 0.461. The van der Waals surface area contributed by atoms with Crippen molar-refractivity contribution >= 4 is 23.3 Å². The molecule has 0 aliphatic carbocycles. The number of anilines is 1. The summed E-state index contributed by atoms with van der Waals surface area (Å²) in [5.74, 6) is -1.34. The summed E-state index contributed by atoms with van der Waals surface area (Å²) in [6.45, 7) is 3.24. The van der Waals surface area contributed by atoms with Gasteiger partial charge in [0.05, 0.1) is 10.5 Å². The molecule has 2 saturated heterocycles. The molecule has 2 fully saturated rings. The largest absolute Gasteiger partial charge is 0.460 e. The smallest absolute Gasteiger partial charge is 0.347 e. The van der Waals surface area contributed by atoms with Gasteiger partial charge in [-0.05, 0) is 31.9 Å². The van der Waals surface area contributed by atoms with E-state index in [1.165, 1.54) is 12.1 Å². The minimum atomic E-state index is -0.957. The van der Waals surface area contributed by atoms with E-state index in [0.717, 1.165) is 38.8 Å². The predicted molar refractivity (Wildman–Crippen MR) is 93.2 cm³/mol. The number of nitro benzene ring substituents is 1. The van der Waals surface area contributed by atoms with E-state index in [4.69, 9.17) is 9.47 Å². The Morgan fingerprint density at radius 2 is 1.96 bits per heavy atom. The average Bonchev–Trinajstić information content (AvgIpc) is 2.81. The lowest BCUT2D eigenvalue weighted by Gasteiger charge is -2.22. The summed E-state index contributed by atoms with van der Waals surface area (Å²) in [5.41, 5.74) is 0.452. The fourth-order valence-corrected chi connectivity index (χ4v) is 3.39. The monoisotopic (exact) mass is 362 g/mol. The Labute approximate surface area is 151 Å². The number of ether oxygens (including phenoxy) is 2. The third kappa shape index (κ3) is 3.95. The standard InChI is InChI=1S/C18H22N2O6/c1-12-10-16(18(22)25-12)26-17(21)13-6-7-14(15(11-13)20(23)24)19-8-4-2-3-5-9-19/h6-7,11-12,16H,2-5,8-10H2,1H3. The summed E-state index contributed by atoms with van der Waals surface area (Å²) < 4.78 is 10.1. The average molecular weight is 362 g/mol. The highest BCUT2D eigenvalue weighted by atomic mass is 16.6. The molecule has 8 nitrogen and oxygen atoms in total. The molecule has 26 heavy (non-hydrogen) atoms. The molecule has 0 radical (unpaired) electrons. The number of hydrogen-bond donors (Lipinski definition) is 0. The number of cyclic esters (lactones) is 1. The highest BCUT2D eigenvalue weighted by molar-refractivity contribution is 5.93. The van der Waals surface area contributed by atoms with Crippen LogP contribution in [-0.2, 0) is 14.3 Å². The lowest BCUT2D eigenvalue weighted by atomic mass is 10.1. The van der Waals surface area contributed by atoms with Crippen LogP contribution in [0.2, 0.25) is 0 Å². The second kappa shape index (κ2) is 7.72. The van der Waals surface area contributed by atoms with E-state index < -0.39 is 23.0 Å². The van der Waals surface area contributed by atoms with Crippen molar-refractivity contribution < 1.29 is 24.0 Å². The second-order valence-corrected chi connectivity index (χ2v) is 6.74. The molecule has 0 amide bonds. The van der Waals surface area contributed by atoms with Crippen LogP contribution in [0.25, 0.3) is 0 Å². The van der Waals surface area contributed by atoms with Gasteiger partial charge in [0.2, 0.25) is 6.10 Å². The van der Waals surface area contributed by atoms with Crippen LogP contribution in [0.4, 0.5) is 11.4 Å². The first-order chi connectivity index (χ1) is 12.5. The van der Waals surface area contributed by atoms with E-state index in [0.29, 0.717) is 12.1 Å². The molecule has 140 valence electrons. The van der Waals surface area contributed by atoms with E-state index >= 15 is 0 Å². The van der Waals surface area contributed by atoms with Crippen molar-refractivity contribution in [3.8, 4) is 0 Å². The molecule has 2 unspecified atom stereocenters. The maximum absolute atomic E-state index is 12.3. The van der Waals surface area contributed by atoms with Crippen LogP contribution in [-0.4, -0.2) is 42.2 Å².